The van der Waals surface area contributed by atoms with Crippen molar-refractivity contribution in [1.29, 1.82) is 0 Å². The summed E-state index contributed by atoms with van der Waals surface area (Å²) in [7, 11) is -3.78. The highest BCUT2D eigenvalue weighted by molar-refractivity contribution is 8.18. The van der Waals surface area contributed by atoms with Crippen LogP contribution in [0.25, 0.3) is 23.0 Å². The van der Waals surface area contributed by atoms with Crippen molar-refractivity contribution in [2.75, 3.05) is 26.2 Å². The molecule has 2 saturated heterocycles. The summed E-state index contributed by atoms with van der Waals surface area (Å²) >= 11 is 1.29. The molecule has 2 atom stereocenters. The third-order valence-electron chi connectivity index (χ3n) is 7.96. The second kappa shape index (κ2) is 12.3. The lowest BCUT2D eigenvalue weighted by Crippen LogP contribution is -2.48. The molecule has 0 saturated carbocycles. The van der Waals surface area contributed by atoms with Crippen molar-refractivity contribution in [2.24, 2.45) is 16.6 Å². The van der Waals surface area contributed by atoms with Gasteiger partial charge in [0.25, 0.3) is 5.91 Å². The van der Waals surface area contributed by atoms with Crippen molar-refractivity contribution in [3.63, 3.8) is 0 Å². The quantitative estimate of drug-likeness (QED) is 0.407. The number of rotatable bonds is 6. The topological polar surface area (TPSA) is 140 Å². The van der Waals surface area contributed by atoms with Crippen LogP contribution in [0.1, 0.15) is 32.3 Å². The Hall–Kier alpha value is -3.78. The number of carbonyl (C=O) groups excluding carboxylic acids is 2. The highest BCUT2D eigenvalue weighted by atomic mass is 32.2. The first-order chi connectivity index (χ1) is 21.1. The minimum Gasteiger partial charge on any atom is -0.373 e. The molecular weight excluding hydrogens is 601 g/mol. The molecule has 6 rings (SSSR count). The van der Waals surface area contributed by atoms with Crippen molar-refractivity contribution >= 4 is 44.8 Å². The lowest BCUT2D eigenvalue weighted by molar-refractivity contribution is -0.123. The fraction of sp³-hybridized carbons (Fsp3) is 0.355. The number of thioether (sulfide) groups is 1. The Morgan fingerprint density at radius 2 is 1.75 bits per heavy atom. The molecule has 44 heavy (non-hydrogen) atoms. The Morgan fingerprint density at radius 3 is 2.43 bits per heavy atom. The number of ether oxygens (including phenoxy) is 1. The number of primary amides is 1. The highest BCUT2D eigenvalue weighted by Crippen LogP contribution is 2.35. The van der Waals surface area contributed by atoms with E-state index in [9.17, 15) is 18.0 Å². The second-order valence-corrected chi connectivity index (χ2v) is 14.2. The SMILES string of the molecule is CC1CN(S(=O)(=O)c2cccc(-c3nn(-c4ccccc4)cc3C=C3SC(N4CCC(C(N)=O)CC4)=NC3=O)c2)CC(C)O1. The summed E-state index contributed by atoms with van der Waals surface area (Å²) in [5, 5.41) is 5.44. The van der Waals surface area contributed by atoms with E-state index in [-0.39, 0.29) is 47.9 Å². The van der Waals surface area contributed by atoms with E-state index >= 15 is 0 Å². The number of benzene rings is 2. The van der Waals surface area contributed by atoms with E-state index in [1.807, 2.05) is 61.3 Å². The molecule has 0 bridgehead atoms. The van der Waals surface area contributed by atoms with Crippen molar-refractivity contribution < 1.29 is 22.7 Å². The summed E-state index contributed by atoms with van der Waals surface area (Å²) < 4.78 is 36.3. The number of sulfonamides is 1. The predicted molar refractivity (Wildman–Crippen MR) is 169 cm³/mol. The Morgan fingerprint density at radius 1 is 1.05 bits per heavy atom. The van der Waals surface area contributed by atoms with Crippen LogP contribution in [0.2, 0.25) is 0 Å². The van der Waals surface area contributed by atoms with Crippen LogP contribution in [0, 0.1) is 5.92 Å². The molecule has 3 aromatic rings. The number of aromatic nitrogens is 2. The number of aliphatic imine (C=N–C) groups is 1. The van der Waals surface area contributed by atoms with Gasteiger partial charge in [0.15, 0.2) is 5.17 Å². The molecular formula is C31H34N6O5S2. The van der Waals surface area contributed by atoms with Gasteiger partial charge >= 0.3 is 0 Å². The summed E-state index contributed by atoms with van der Waals surface area (Å²) in [5.41, 5.74) is 8.08. The Bertz CT molecular complexity index is 1740. The normalized spacial score (nSPS) is 22.9. The summed E-state index contributed by atoms with van der Waals surface area (Å²) in [5.74, 6) is -0.812. The van der Waals surface area contributed by atoms with Gasteiger partial charge in [-0.25, -0.2) is 13.1 Å². The Kier molecular flexibility index (Phi) is 8.46. The van der Waals surface area contributed by atoms with E-state index < -0.39 is 10.0 Å². The zero-order chi connectivity index (χ0) is 31.0. The van der Waals surface area contributed by atoms with E-state index in [4.69, 9.17) is 15.6 Å². The zero-order valence-electron chi connectivity index (χ0n) is 24.5. The molecule has 4 heterocycles. The van der Waals surface area contributed by atoms with Gasteiger partial charge in [-0.3, -0.25) is 9.59 Å². The van der Waals surface area contributed by atoms with Gasteiger partial charge in [-0.2, -0.15) is 14.4 Å². The van der Waals surface area contributed by atoms with E-state index in [0.717, 1.165) is 5.69 Å². The number of likely N-dealkylation sites (tertiary alicyclic amines) is 1. The summed E-state index contributed by atoms with van der Waals surface area (Å²) in [4.78, 5) is 31.5. The molecule has 3 aliphatic heterocycles. The molecule has 3 aliphatic rings. The number of hydrogen-bond donors (Lipinski definition) is 1. The molecule has 230 valence electrons. The van der Waals surface area contributed by atoms with Gasteiger partial charge in [-0.15, -0.1) is 0 Å². The second-order valence-electron chi connectivity index (χ2n) is 11.3. The zero-order valence-corrected chi connectivity index (χ0v) is 26.1. The van der Waals surface area contributed by atoms with Crippen molar-refractivity contribution in [3.8, 4) is 16.9 Å². The number of nitrogens with two attached hydrogens (primary N) is 1. The van der Waals surface area contributed by atoms with Crippen LogP contribution in [0.4, 0.5) is 0 Å². The number of amidine groups is 1. The van der Waals surface area contributed by atoms with Gasteiger partial charge < -0.3 is 15.4 Å². The summed E-state index contributed by atoms with van der Waals surface area (Å²) in [6.07, 6.45) is 4.41. The standard InChI is InChI=1S/C31H34N6O5S2/c1-20-17-36(18-21(2)42-20)44(40,41)26-10-6-7-23(15-26)28-24(19-37(34-28)25-8-4-3-5-9-25)16-27-30(39)33-31(43-27)35-13-11-22(12-14-35)29(32)38/h3-10,15-16,19-22H,11-14,17-18H2,1-2H3,(H2,32,38). The first-order valence-electron chi connectivity index (χ1n) is 14.6. The summed E-state index contributed by atoms with van der Waals surface area (Å²) in [6.45, 7) is 5.48. The van der Waals surface area contributed by atoms with Crippen LogP contribution >= 0.6 is 11.8 Å². The smallest absolute Gasteiger partial charge is 0.286 e. The van der Waals surface area contributed by atoms with Gasteiger partial charge in [-0.05, 0) is 68.8 Å². The van der Waals surface area contributed by atoms with Gasteiger partial charge in [0.2, 0.25) is 15.9 Å². The minimum atomic E-state index is -3.78. The Labute approximate surface area is 260 Å². The van der Waals surface area contributed by atoms with Crippen LogP contribution in [0.15, 0.2) is 75.6 Å². The maximum atomic E-state index is 13.7. The maximum Gasteiger partial charge on any atom is 0.286 e. The third-order valence-corrected chi connectivity index (χ3v) is 10.8. The molecule has 11 nitrogen and oxygen atoms in total. The highest BCUT2D eigenvalue weighted by Gasteiger charge is 2.33. The molecule has 2 fully saturated rings. The number of amides is 2. The van der Waals surface area contributed by atoms with Crippen LogP contribution in [-0.4, -0.2) is 82.8 Å². The molecule has 2 unspecified atom stereocenters. The lowest BCUT2D eigenvalue weighted by atomic mass is 9.97. The maximum absolute atomic E-state index is 13.7. The first kappa shape index (κ1) is 30.3. The number of para-hydroxylation sites is 1. The van der Waals surface area contributed by atoms with Crippen molar-refractivity contribution in [2.45, 2.75) is 43.8 Å². The fourth-order valence-corrected chi connectivity index (χ4v) is 8.33. The van der Waals surface area contributed by atoms with Gasteiger partial charge in [-0.1, -0.05) is 30.3 Å². The predicted octanol–water partition coefficient (Wildman–Crippen LogP) is 3.50. The number of piperidine rings is 1. The number of morpholine rings is 1. The third kappa shape index (κ3) is 6.23. The lowest BCUT2D eigenvalue weighted by Gasteiger charge is -2.34. The molecule has 2 amide bonds. The minimum absolute atomic E-state index is 0.162. The largest absolute Gasteiger partial charge is 0.373 e. The average molecular weight is 635 g/mol. The molecule has 0 spiro atoms. The number of nitrogens with zero attached hydrogens (tertiary/aromatic N) is 5. The van der Waals surface area contributed by atoms with Crippen molar-refractivity contribution in [3.05, 3.63) is 71.3 Å². The van der Waals surface area contributed by atoms with Gasteiger partial charge in [0.05, 0.1) is 27.7 Å². The first-order valence-corrected chi connectivity index (χ1v) is 16.8. The van der Waals surface area contributed by atoms with E-state index in [2.05, 4.69) is 4.99 Å². The van der Waals surface area contributed by atoms with Gasteiger partial charge in [0, 0.05) is 49.4 Å². The number of carbonyl (C=O) groups is 2. The van der Waals surface area contributed by atoms with Gasteiger partial charge in [0.1, 0.15) is 5.69 Å². The fourth-order valence-electron chi connectivity index (χ4n) is 5.74. The van der Waals surface area contributed by atoms with E-state index in [0.29, 0.717) is 52.8 Å². The Balaban J connectivity index is 1.33. The molecule has 13 heteroatoms. The number of hydrogen-bond acceptors (Lipinski definition) is 8. The van der Waals surface area contributed by atoms with Crippen LogP contribution < -0.4 is 5.73 Å². The molecule has 2 aromatic carbocycles. The van der Waals surface area contributed by atoms with E-state index in [1.54, 1.807) is 29.0 Å². The summed E-state index contributed by atoms with van der Waals surface area (Å²) in [6, 6.07) is 16.3. The van der Waals surface area contributed by atoms with Crippen LogP contribution in [0.5, 0.6) is 0 Å². The van der Waals surface area contributed by atoms with Crippen LogP contribution in [0.3, 0.4) is 0 Å². The molecule has 0 aliphatic carbocycles. The van der Waals surface area contributed by atoms with Crippen molar-refractivity contribution in [1.82, 2.24) is 19.0 Å². The molecule has 1 aromatic heterocycles. The molecule has 0 radical (unpaired) electrons. The van der Waals surface area contributed by atoms with E-state index in [1.165, 1.54) is 16.1 Å². The van der Waals surface area contributed by atoms with Crippen LogP contribution in [-0.2, 0) is 24.3 Å². The molecule has 2 N–H and O–H groups in total. The monoisotopic (exact) mass is 634 g/mol. The average Bonchev–Trinajstić information content (AvgIpc) is 3.61.